The Balaban J connectivity index is 1.73. The Morgan fingerprint density at radius 3 is 2.70 bits per heavy atom. The van der Waals surface area contributed by atoms with Crippen LogP contribution in [0.25, 0.3) is 11.0 Å². The molecule has 0 saturated carbocycles. The lowest BCUT2D eigenvalue weighted by molar-refractivity contribution is 0.181. The van der Waals surface area contributed by atoms with E-state index in [1.165, 1.54) is 4.57 Å². The van der Waals surface area contributed by atoms with Crippen LogP contribution in [0.4, 0.5) is 5.69 Å². The molecule has 3 aromatic rings. The molecule has 1 fully saturated rings. The lowest BCUT2D eigenvalue weighted by Crippen LogP contribution is -2.52. The van der Waals surface area contributed by atoms with E-state index < -0.39 is 0 Å². The summed E-state index contributed by atoms with van der Waals surface area (Å²) in [4.78, 5) is 25.9. The van der Waals surface area contributed by atoms with Crippen molar-refractivity contribution in [2.24, 2.45) is 7.05 Å². The van der Waals surface area contributed by atoms with Crippen LogP contribution < -0.4 is 10.5 Å². The molecular weight excluding hydrogens is 378 g/mol. The number of anilines is 1. The van der Waals surface area contributed by atoms with Gasteiger partial charge in [-0.3, -0.25) is 14.7 Å². The third-order valence-electron chi connectivity index (χ3n) is 5.63. The van der Waals surface area contributed by atoms with Crippen molar-refractivity contribution in [3.05, 3.63) is 63.8 Å². The quantitative estimate of drug-likeness (QED) is 0.661. The summed E-state index contributed by atoms with van der Waals surface area (Å²) in [6.45, 7) is 5.00. The molecule has 4 rings (SSSR count). The summed E-state index contributed by atoms with van der Waals surface area (Å²) in [6, 6.07) is 11.6. The fraction of sp³-hybridized carbons (Fsp3) is 0.318. The summed E-state index contributed by atoms with van der Waals surface area (Å²) in [5, 5.41) is 19.0. The van der Waals surface area contributed by atoms with Gasteiger partial charge in [-0.1, -0.05) is 6.07 Å². The average Bonchev–Trinajstić information content (AvgIpc) is 2.77. The molecule has 0 N–H and O–H groups in total. The number of aryl methyl sites for hydroxylation is 1. The lowest BCUT2D eigenvalue weighted by Gasteiger charge is -2.41. The summed E-state index contributed by atoms with van der Waals surface area (Å²) in [7, 11) is 1.62. The Kier molecular flexibility index (Phi) is 5.18. The molecule has 30 heavy (non-hydrogen) atoms. The molecule has 0 aromatic carbocycles. The Hall–Kier alpha value is -3.75. The van der Waals surface area contributed by atoms with Crippen LogP contribution in [-0.4, -0.2) is 45.1 Å². The number of aromatic nitrogens is 3. The Morgan fingerprint density at radius 2 is 2.03 bits per heavy atom. The SMILES string of the molecule is C[C@@H]1CN(c2c(C#N)c(=O)n(C)c3ccc(C#N)nc23)CCN1Cc1cccnc1. The van der Waals surface area contributed by atoms with E-state index in [-0.39, 0.29) is 22.9 Å². The first-order valence-corrected chi connectivity index (χ1v) is 9.75. The summed E-state index contributed by atoms with van der Waals surface area (Å²) in [6.07, 6.45) is 3.63. The van der Waals surface area contributed by atoms with Gasteiger partial charge < -0.3 is 9.47 Å². The van der Waals surface area contributed by atoms with Gasteiger partial charge in [-0.2, -0.15) is 10.5 Å². The topological polar surface area (TPSA) is 102 Å². The number of hydrogen-bond donors (Lipinski definition) is 0. The highest BCUT2D eigenvalue weighted by Crippen LogP contribution is 2.29. The zero-order valence-corrected chi connectivity index (χ0v) is 16.9. The third kappa shape index (κ3) is 3.38. The van der Waals surface area contributed by atoms with Crippen molar-refractivity contribution in [2.75, 3.05) is 24.5 Å². The van der Waals surface area contributed by atoms with Gasteiger partial charge in [-0.15, -0.1) is 0 Å². The second-order valence-electron chi connectivity index (χ2n) is 7.50. The second-order valence-corrected chi connectivity index (χ2v) is 7.50. The van der Waals surface area contributed by atoms with Gasteiger partial charge in [-0.05, 0) is 30.7 Å². The number of hydrogen-bond acceptors (Lipinski definition) is 7. The van der Waals surface area contributed by atoms with Gasteiger partial charge in [-0.25, -0.2) is 4.98 Å². The van der Waals surface area contributed by atoms with Gasteiger partial charge in [0.1, 0.15) is 28.9 Å². The molecule has 0 radical (unpaired) electrons. The molecule has 1 aliphatic rings. The van der Waals surface area contributed by atoms with E-state index >= 15 is 0 Å². The zero-order chi connectivity index (χ0) is 21.3. The second kappa shape index (κ2) is 7.94. The largest absolute Gasteiger partial charge is 0.366 e. The predicted octanol–water partition coefficient (Wildman–Crippen LogP) is 1.78. The van der Waals surface area contributed by atoms with E-state index in [2.05, 4.69) is 38.8 Å². The van der Waals surface area contributed by atoms with E-state index in [9.17, 15) is 15.3 Å². The molecule has 0 amide bonds. The third-order valence-corrected chi connectivity index (χ3v) is 5.63. The Morgan fingerprint density at radius 1 is 1.20 bits per heavy atom. The first kappa shape index (κ1) is 19.6. The summed E-state index contributed by atoms with van der Waals surface area (Å²) < 4.78 is 1.42. The van der Waals surface area contributed by atoms with Crippen LogP contribution in [0, 0.1) is 22.7 Å². The van der Waals surface area contributed by atoms with Gasteiger partial charge in [0.25, 0.3) is 5.56 Å². The van der Waals surface area contributed by atoms with Gasteiger partial charge in [0.2, 0.25) is 0 Å². The predicted molar refractivity (Wildman–Crippen MR) is 113 cm³/mol. The van der Waals surface area contributed by atoms with Crippen LogP contribution in [0.2, 0.25) is 0 Å². The average molecular weight is 399 g/mol. The van der Waals surface area contributed by atoms with Crippen molar-refractivity contribution in [3.8, 4) is 12.1 Å². The van der Waals surface area contributed by atoms with Crippen molar-refractivity contribution in [1.82, 2.24) is 19.4 Å². The van der Waals surface area contributed by atoms with Crippen LogP contribution in [0.3, 0.4) is 0 Å². The number of rotatable bonds is 3. The lowest BCUT2D eigenvalue weighted by atomic mass is 10.1. The van der Waals surface area contributed by atoms with E-state index in [0.717, 1.165) is 18.7 Å². The molecule has 8 heteroatoms. The highest BCUT2D eigenvalue weighted by Gasteiger charge is 2.29. The highest BCUT2D eigenvalue weighted by atomic mass is 16.1. The highest BCUT2D eigenvalue weighted by molar-refractivity contribution is 5.92. The first-order chi connectivity index (χ1) is 14.5. The van der Waals surface area contributed by atoms with Gasteiger partial charge in [0, 0.05) is 51.7 Å². The van der Waals surface area contributed by atoms with Crippen molar-refractivity contribution in [3.63, 3.8) is 0 Å². The molecule has 0 aliphatic carbocycles. The molecule has 8 nitrogen and oxygen atoms in total. The summed E-state index contributed by atoms with van der Waals surface area (Å²) in [5.41, 5.74) is 2.78. The van der Waals surface area contributed by atoms with Crippen LogP contribution in [-0.2, 0) is 13.6 Å². The van der Waals surface area contributed by atoms with Crippen LogP contribution in [0.5, 0.6) is 0 Å². The number of fused-ring (bicyclic) bond motifs is 1. The van der Waals surface area contributed by atoms with Crippen molar-refractivity contribution >= 4 is 16.7 Å². The van der Waals surface area contributed by atoms with Gasteiger partial charge >= 0.3 is 0 Å². The minimum Gasteiger partial charge on any atom is -0.366 e. The molecule has 1 saturated heterocycles. The van der Waals surface area contributed by atoms with Crippen LogP contribution in [0.15, 0.2) is 41.5 Å². The van der Waals surface area contributed by atoms with E-state index in [1.807, 2.05) is 18.3 Å². The monoisotopic (exact) mass is 399 g/mol. The number of nitriles is 2. The maximum Gasteiger partial charge on any atom is 0.270 e. The molecule has 1 aliphatic heterocycles. The van der Waals surface area contributed by atoms with E-state index in [4.69, 9.17) is 0 Å². The van der Waals surface area contributed by atoms with Crippen LogP contribution in [0.1, 0.15) is 23.7 Å². The van der Waals surface area contributed by atoms with E-state index in [0.29, 0.717) is 29.8 Å². The number of nitrogens with zero attached hydrogens (tertiary/aromatic N) is 7. The Labute approximate surface area is 174 Å². The smallest absolute Gasteiger partial charge is 0.270 e. The molecule has 0 bridgehead atoms. The minimum absolute atomic E-state index is 0.0699. The maximum absolute atomic E-state index is 12.8. The zero-order valence-electron chi connectivity index (χ0n) is 16.9. The maximum atomic E-state index is 12.8. The molecule has 0 unspecified atom stereocenters. The standard InChI is InChI=1S/C22H21N7O/c1-15-13-29(9-8-28(15)14-16-4-3-7-25-12-16)21-18(11-24)22(30)27(2)19-6-5-17(10-23)26-20(19)21/h3-7,12,15H,8-9,13-14H2,1-2H3/t15-/m1/s1. The van der Waals surface area contributed by atoms with Gasteiger partial charge in [0.15, 0.2) is 0 Å². The fourth-order valence-corrected chi connectivity index (χ4v) is 4.02. The number of piperazine rings is 1. The molecule has 1 atom stereocenters. The molecular formula is C22H21N7O. The Bertz CT molecular complexity index is 1240. The summed E-state index contributed by atoms with van der Waals surface area (Å²) >= 11 is 0. The van der Waals surface area contributed by atoms with Gasteiger partial charge in [0.05, 0.1) is 11.2 Å². The van der Waals surface area contributed by atoms with Crippen LogP contribution >= 0.6 is 0 Å². The molecule has 0 spiro atoms. The van der Waals surface area contributed by atoms with Crippen molar-refractivity contribution in [2.45, 2.75) is 19.5 Å². The number of pyridine rings is 3. The van der Waals surface area contributed by atoms with Crippen molar-refractivity contribution < 1.29 is 0 Å². The van der Waals surface area contributed by atoms with E-state index in [1.54, 1.807) is 25.4 Å². The fourth-order valence-electron chi connectivity index (χ4n) is 4.02. The molecule has 4 heterocycles. The van der Waals surface area contributed by atoms with Crippen molar-refractivity contribution in [1.29, 1.82) is 10.5 Å². The minimum atomic E-state index is -0.350. The normalized spacial score (nSPS) is 16.9. The first-order valence-electron chi connectivity index (χ1n) is 9.75. The molecule has 150 valence electrons. The summed E-state index contributed by atoms with van der Waals surface area (Å²) in [5.74, 6) is 0. The molecule has 3 aromatic heterocycles.